The van der Waals surface area contributed by atoms with Gasteiger partial charge in [0.15, 0.2) is 5.13 Å². The summed E-state index contributed by atoms with van der Waals surface area (Å²) in [4.78, 5) is 41.3. The average Bonchev–Trinajstić information content (AvgIpc) is 3.53. The maximum absolute atomic E-state index is 13.1. The molecule has 0 aromatic carbocycles. The van der Waals surface area contributed by atoms with Crippen molar-refractivity contribution in [2.24, 2.45) is 0 Å². The SMILES string of the molecule is C=CCSc1ncccc1C(=O)N1CCC(c2nc(C(=O)Nc3nc(C(C)(C)C)cs3)cs2)CC1. The van der Waals surface area contributed by atoms with Gasteiger partial charge >= 0.3 is 0 Å². The molecule has 1 aliphatic rings. The summed E-state index contributed by atoms with van der Waals surface area (Å²) in [6, 6.07) is 3.64. The zero-order chi connectivity index (χ0) is 25.0. The first kappa shape index (κ1) is 25.5. The Balaban J connectivity index is 1.35. The maximum atomic E-state index is 13.1. The van der Waals surface area contributed by atoms with E-state index in [0.717, 1.165) is 28.6 Å². The molecule has 0 radical (unpaired) electrons. The van der Waals surface area contributed by atoms with E-state index in [1.165, 1.54) is 34.4 Å². The number of pyridine rings is 1. The first-order valence-corrected chi connectivity index (χ1v) is 14.2. The number of carbonyl (C=O) groups excluding carboxylic acids is 2. The third-order valence-corrected chi connectivity index (χ3v) is 8.48. The van der Waals surface area contributed by atoms with Gasteiger partial charge in [-0.2, -0.15) is 0 Å². The first-order chi connectivity index (χ1) is 16.8. The number of rotatable bonds is 7. The molecule has 0 unspecified atom stereocenters. The van der Waals surface area contributed by atoms with Crippen LogP contribution in [-0.2, 0) is 5.41 Å². The lowest BCUT2D eigenvalue weighted by Crippen LogP contribution is -2.38. The average molecular weight is 528 g/mol. The van der Waals surface area contributed by atoms with Crippen LogP contribution < -0.4 is 5.32 Å². The van der Waals surface area contributed by atoms with Crippen LogP contribution in [0.3, 0.4) is 0 Å². The predicted octanol–water partition coefficient (Wildman–Crippen LogP) is 5.84. The molecule has 1 saturated heterocycles. The highest BCUT2D eigenvalue weighted by Gasteiger charge is 2.28. The third kappa shape index (κ3) is 6.17. The molecule has 3 aromatic rings. The number of hydrogen-bond acceptors (Lipinski definition) is 8. The molecule has 0 bridgehead atoms. The fourth-order valence-electron chi connectivity index (χ4n) is 3.72. The minimum Gasteiger partial charge on any atom is -0.339 e. The first-order valence-electron chi connectivity index (χ1n) is 11.5. The van der Waals surface area contributed by atoms with Crippen LogP contribution in [0.4, 0.5) is 5.13 Å². The molecule has 1 aliphatic heterocycles. The van der Waals surface area contributed by atoms with E-state index in [0.29, 0.717) is 35.2 Å². The Kier molecular flexibility index (Phi) is 8.03. The van der Waals surface area contributed by atoms with Crippen molar-refractivity contribution in [1.82, 2.24) is 19.9 Å². The van der Waals surface area contributed by atoms with Gasteiger partial charge in [0, 0.05) is 47.1 Å². The van der Waals surface area contributed by atoms with E-state index in [-0.39, 0.29) is 23.1 Å². The highest BCUT2D eigenvalue weighted by molar-refractivity contribution is 7.99. The zero-order valence-electron chi connectivity index (χ0n) is 20.1. The number of amides is 2. The van der Waals surface area contributed by atoms with E-state index in [2.05, 4.69) is 47.6 Å². The molecule has 0 aliphatic carbocycles. The van der Waals surface area contributed by atoms with Crippen LogP contribution in [0.1, 0.15) is 71.1 Å². The summed E-state index contributed by atoms with van der Waals surface area (Å²) in [7, 11) is 0. The van der Waals surface area contributed by atoms with Gasteiger partial charge < -0.3 is 4.90 Å². The molecule has 4 heterocycles. The zero-order valence-corrected chi connectivity index (χ0v) is 22.6. The molecule has 10 heteroatoms. The van der Waals surface area contributed by atoms with Gasteiger partial charge in [0.05, 0.1) is 16.3 Å². The van der Waals surface area contributed by atoms with Crippen LogP contribution in [0.15, 0.2) is 46.8 Å². The summed E-state index contributed by atoms with van der Waals surface area (Å²) in [5.41, 5.74) is 1.95. The number of nitrogens with one attached hydrogen (secondary N) is 1. The molecular weight excluding hydrogens is 499 g/mol. The maximum Gasteiger partial charge on any atom is 0.276 e. The predicted molar refractivity (Wildman–Crippen MR) is 144 cm³/mol. The highest BCUT2D eigenvalue weighted by Crippen LogP contribution is 2.32. The molecule has 2 amide bonds. The number of aromatic nitrogens is 3. The van der Waals surface area contributed by atoms with Crippen molar-refractivity contribution >= 4 is 51.4 Å². The van der Waals surface area contributed by atoms with Crippen LogP contribution in [-0.4, -0.2) is 50.5 Å². The highest BCUT2D eigenvalue weighted by atomic mass is 32.2. The van der Waals surface area contributed by atoms with Crippen molar-refractivity contribution in [1.29, 1.82) is 0 Å². The standard InChI is InChI=1S/C25H29N5O2S3/c1-5-13-33-22-17(7-6-10-26-22)23(32)30-11-8-16(9-12-30)21-27-18(14-34-21)20(31)29-24-28-19(15-35-24)25(2,3)4/h5-7,10,14-16H,1,8-9,11-13H2,2-4H3,(H,28,29,31). The van der Waals surface area contributed by atoms with Gasteiger partial charge in [-0.15, -0.1) is 41.0 Å². The van der Waals surface area contributed by atoms with Gasteiger partial charge in [-0.1, -0.05) is 26.8 Å². The van der Waals surface area contributed by atoms with Crippen LogP contribution in [0.5, 0.6) is 0 Å². The van der Waals surface area contributed by atoms with E-state index in [1.807, 2.05) is 22.4 Å². The van der Waals surface area contributed by atoms with E-state index in [9.17, 15) is 9.59 Å². The number of hydrogen-bond donors (Lipinski definition) is 1. The molecule has 0 atom stereocenters. The summed E-state index contributed by atoms with van der Waals surface area (Å²) >= 11 is 4.45. The lowest BCUT2D eigenvalue weighted by molar-refractivity contribution is 0.0708. The van der Waals surface area contributed by atoms with Gasteiger partial charge in [0.1, 0.15) is 10.7 Å². The second-order valence-corrected chi connectivity index (χ2v) is 12.1. The fraction of sp³-hybridized carbons (Fsp3) is 0.400. The Hall–Kier alpha value is -2.56. The third-order valence-electron chi connectivity index (χ3n) is 5.72. The Morgan fingerprint density at radius 1 is 1.23 bits per heavy atom. The Morgan fingerprint density at radius 2 is 2.00 bits per heavy atom. The van der Waals surface area contributed by atoms with Gasteiger partial charge in [0.25, 0.3) is 11.8 Å². The van der Waals surface area contributed by atoms with Crippen LogP contribution in [0.2, 0.25) is 0 Å². The van der Waals surface area contributed by atoms with Gasteiger partial charge in [-0.3, -0.25) is 14.9 Å². The van der Waals surface area contributed by atoms with E-state index in [4.69, 9.17) is 0 Å². The molecule has 35 heavy (non-hydrogen) atoms. The smallest absolute Gasteiger partial charge is 0.276 e. The quantitative estimate of drug-likeness (QED) is 0.307. The van der Waals surface area contributed by atoms with Crippen molar-refractivity contribution in [2.45, 2.75) is 50.0 Å². The molecule has 1 N–H and O–H groups in total. The van der Waals surface area contributed by atoms with E-state index < -0.39 is 0 Å². The monoisotopic (exact) mass is 527 g/mol. The molecule has 0 saturated carbocycles. The topological polar surface area (TPSA) is 88.1 Å². The molecule has 184 valence electrons. The lowest BCUT2D eigenvalue weighted by atomic mass is 9.93. The minimum absolute atomic E-state index is 0.0143. The number of anilines is 1. The Bertz CT molecular complexity index is 1210. The van der Waals surface area contributed by atoms with Gasteiger partial charge in [-0.25, -0.2) is 15.0 Å². The molecule has 0 spiro atoms. The number of thiazole rings is 2. The fourth-order valence-corrected chi connectivity index (χ4v) is 6.35. The summed E-state index contributed by atoms with van der Waals surface area (Å²) in [6.07, 6.45) is 5.15. The number of thioether (sulfide) groups is 1. The number of piperidine rings is 1. The van der Waals surface area contributed by atoms with Crippen molar-refractivity contribution in [2.75, 3.05) is 24.2 Å². The van der Waals surface area contributed by atoms with Gasteiger partial charge in [0.2, 0.25) is 0 Å². The van der Waals surface area contributed by atoms with Crippen LogP contribution in [0, 0.1) is 0 Å². The van der Waals surface area contributed by atoms with Crippen molar-refractivity contribution in [3.63, 3.8) is 0 Å². The minimum atomic E-state index is -0.240. The molecule has 3 aromatic heterocycles. The van der Waals surface area contributed by atoms with E-state index >= 15 is 0 Å². The Morgan fingerprint density at radius 3 is 2.69 bits per heavy atom. The normalized spacial score (nSPS) is 14.7. The molecular formula is C25H29N5O2S3. The largest absolute Gasteiger partial charge is 0.339 e. The van der Waals surface area contributed by atoms with Crippen LogP contribution >= 0.6 is 34.4 Å². The van der Waals surface area contributed by atoms with Crippen LogP contribution in [0.25, 0.3) is 0 Å². The number of nitrogens with zero attached hydrogens (tertiary/aromatic N) is 4. The molecule has 1 fully saturated rings. The van der Waals surface area contributed by atoms with Gasteiger partial charge in [-0.05, 0) is 25.0 Å². The van der Waals surface area contributed by atoms with E-state index in [1.54, 1.807) is 17.6 Å². The summed E-state index contributed by atoms with van der Waals surface area (Å²) < 4.78 is 0. The second-order valence-electron chi connectivity index (χ2n) is 9.34. The summed E-state index contributed by atoms with van der Waals surface area (Å²) in [5.74, 6) is 0.720. The lowest BCUT2D eigenvalue weighted by Gasteiger charge is -2.31. The molecule has 7 nitrogen and oxygen atoms in total. The molecule has 4 rings (SSSR count). The Labute approximate surface area is 218 Å². The summed E-state index contributed by atoms with van der Waals surface area (Å²) in [5, 5.41) is 8.92. The number of carbonyl (C=O) groups is 2. The second kappa shape index (κ2) is 11.0. The van der Waals surface area contributed by atoms with Crippen molar-refractivity contribution in [3.8, 4) is 0 Å². The van der Waals surface area contributed by atoms with Crippen molar-refractivity contribution < 1.29 is 9.59 Å². The summed E-state index contributed by atoms with van der Waals surface area (Å²) in [6.45, 7) is 11.3. The van der Waals surface area contributed by atoms with Crippen molar-refractivity contribution in [3.05, 3.63) is 63.7 Å². The number of likely N-dealkylation sites (tertiary alicyclic amines) is 1.